The van der Waals surface area contributed by atoms with Crippen molar-refractivity contribution in [3.8, 4) is 0 Å². The summed E-state index contributed by atoms with van der Waals surface area (Å²) in [4.78, 5) is 4.96. The Morgan fingerprint density at radius 3 is 2.75 bits per heavy atom. The third kappa shape index (κ3) is 7.34. The average Bonchev–Trinajstić information content (AvgIpc) is 2.05. The number of nitrogens with zero attached hydrogens (tertiary/aromatic N) is 1. The first kappa shape index (κ1) is 11.2. The molecule has 0 aliphatic rings. The molecule has 0 aromatic rings. The molecule has 0 saturated carbocycles. The van der Waals surface area contributed by atoms with Gasteiger partial charge in [-0.1, -0.05) is 5.16 Å². The predicted molar refractivity (Wildman–Crippen MR) is 49.0 cm³/mol. The van der Waals surface area contributed by atoms with Gasteiger partial charge in [0.15, 0.2) is 0 Å². The minimum Gasteiger partial charge on any atom is -0.479 e. The summed E-state index contributed by atoms with van der Waals surface area (Å²) in [5.74, 6) is 0.574. The Labute approximate surface area is 73.7 Å². The number of ether oxygens (including phenoxy) is 1. The van der Waals surface area contributed by atoms with Gasteiger partial charge >= 0.3 is 0 Å². The molecule has 0 aromatic heterocycles. The Bertz CT molecular complexity index is 126. The van der Waals surface area contributed by atoms with E-state index in [9.17, 15) is 0 Å². The van der Waals surface area contributed by atoms with Gasteiger partial charge < -0.3 is 15.3 Å². The molecule has 0 heterocycles. The normalized spacial score (nSPS) is 11.4. The molecule has 0 spiro atoms. The smallest absolute Gasteiger partial charge is 0.222 e. The van der Waals surface area contributed by atoms with Gasteiger partial charge in [0.1, 0.15) is 6.61 Å². The number of unbranched alkanes of at least 4 members (excludes halogenated alkanes) is 1. The lowest BCUT2D eigenvalue weighted by molar-refractivity contribution is 0.129. The third-order valence-corrected chi connectivity index (χ3v) is 1.24. The molecule has 0 atom stereocenters. The Kier molecular flexibility index (Phi) is 7.79. The largest absolute Gasteiger partial charge is 0.479 e. The van der Waals surface area contributed by atoms with Crippen molar-refractivity contribution in [1.82, 2.24) is 0 Å². The summed E-state index contributed by atoms with van der Waals surface area (Å²) in [6.07, 6.45) is 1.92. The van der Waals surface area contributed by atoms with Gasteiger partial charge in [0.2, 0.25) is 5.90 Å². The molecule has 12 heavy (non-hydrogen) atoms. The van der Waals surface area contributed by atoms with Gasteiger partial charge in [0, 0.05) is 6.92 Å². The van der Waals surface area contributed by atoms with Crippen molar-refractivity contribution in [2.24, 2.45) is 10.9 Å². The molecule has 4 nitrogen and oxygen atoms in total. The minimum absolute atomic E-state index is 0.574. The van der Waals surface area contributed by atoms with E-state index in [-0.39, 0.29) is 0 Å². The highest BCUT2D eigenvalue weighted by Gasteiger charge is 1.89. The highest BCUT2D eigenvalue weighted by molar-refractivity contribution is 5.72. The average molecular weight is 174 g/mol. The summed E-state index contributed by atoms with van der Waals surface area (Å²) >= 11 is 0. The van der Waals surface area contributed by atoms with Crippen LogP contribution in [0.5, 0.6) is 0 Å². The summed E-state index contributed by atoms with van der Waals surface area (Å²) in [5.41, 5.74) is 5.30. The van der Waals surface area contributed by atoms with Crippen molar-refractivity contribution in [3.63, 3.8) is 0 Å². The first-order chi connectivity index (χ1) is 5.81. The summed E-state index contributed by atoms with van der Waals surface area (Å²) in [7, 11) is 0. The maximum atomic E-state index is 5.30. The van der Waals surface area contributed by atoms with Gasteiger partial charge in [-0.05, 0) is 26.3 Å². The van der Waals surface area contributed by atoms with E-state index < -0.39 is 0 Å². The van der Waals surface area contributed by atoms with Gasteiger partial charge in [-0.25, -0.2) is 0 Å². The van der Waals surface area contributed by atoms with Crippen LogP contribution in [0.3, 0.4) is 0 Å². The lowest BCUT2D eigenvalue weighted by atomic mass is 10.3. The number of rotatable bonds is 6. The van der Waals surface area contributed by atoms with Crippen LogP contribution in [0.25, 0.3) is 0 Å². The van der Waals surface area contributed by atoms with Gasteiger partial charge in [-0.3, -0.25) is 0 Å². The third-order valence-electron chi connectivity index (χ3n) is 1.24. The van der Waals surface area contributed by atoms with Crippen LogP contribution in [0.1, 0.15) is 26.7 Å². The molecular formula is C8H18N2O2. The second-order valence-electron chi connectivity index (χ2n) is 2.37. The van der Waals surface area contributed by atoms with Crippen LogP contribution in [-0.2, 0) is 9.57 Å². The lowest BCUT2D eigenvalue weighted by Gasteiger charge is -2.01. The first-order valence-corrected chi connectivity index (χ1v) is 4.30. The molecule has 0 saturated heterocycles. The van der Waals surface area contributed by atoms with Crippen molar-refractivity contribution in [2.75, 3.05) is 19.8 Å². The van der Waals surface area contributed by atoms with Gasteiger partial charge in [-0.15, -0.1) is 0 Å². The molecule has 0 unspecified atom stereocenters. The molecule has 0 radical (unpaired) electrons. The van der Waals surface area contributed by atoms with Crippen LogP contribution in [0.2, 0.25) is 0 Å². The molecule has 72 valence electrons. The van der Waals surface area contributed by atoms with Crippen molar-refractivity contribution < 1.29 is 9.57 Å². The first-order valence-electron chi connectivity index (χ1n) is 4.30. The van der Waals surface area contributed by atoms with Crippen molar-refractivity contribution in [1.29, 1.82) is 0 Å². The quantitative estimate of drug-likeness (QED) is 0.284. The Morgan fingerprint density at radius 2 is 2.17 bits per heavy atom. The molecule has 0 bridgehead atoms. The van der Waals surface area contributed by atoms with E-state index in [2.05, 4.69) is 5.16 Å². The molecule has 2 N–H and O–H groups in total. The summed E-state index contributed by atoms with van der Waals surface area (Å²) < 4.78 is 5.05. The molecule has 4 heteroatoms. The van der Waals surface area contributed by atoms with E-state index >= 15 is 0 Å². The summed E-state index contributed by atoms with van der Waals surface area (Å²) in [6.45, 7) is 5.63. The number of hydrogen-bond donors (Lipinski definition) is 1. The number of oxime groups is 1. The molecule has 0 rings (SSSR count). The number of hydrogen-bond acceptors (Lipinski definition) is 4. The highest BCUT2D eigenvalue weighted by Crippen LogP contribution is 1.89. The SMILES string of the molecule is CCOC(C)=NOCCCCN. The lowest BCUT2D eigenvalue weighted by Crippen LogP contribution is -2.02. The van der Waals surface area contributed by atoms with Crippen molar-refractivity contribution in [2.45, 2.75) is 26.7 Å². The zero-order valence-electron chi connectivity index (χ0n) is 7.88. The molecule has 0 aliphatic carbocycles. The van der Waals surface area contributed by atoms with Gasteiger partial charge in [-0.2, -0.15) is 0 Å². The van der Waals surface area contributed by atoms with Crippen molar-refractivity contribution in [3.05, 3.63) is 0 Å². The van der Waals surface area contributed by atoms with Crippen LogP contribution in [0.4, 0.5) is 0 Å². The van der Waals surface area contributed by atoms with E-state index in [1.54, 1.807) is 6.92 Å². The second-order valence-corrected chi connectivity index (χ2v) is 2.37. The van der Waals surface area contributed by atoms with Crippen LogP contribution in [0, 0.1) is 0 Å². The maximum absolute atomic E-state index is 5.30. The van der Waals surface area contributed by atoms with E-state index in [0.717, 1.165) is 12.8 Å². The van der Waals surface area contributed by atoms with E-state index in [0.29, 0.717) is 25.7 Å². The van der Waals surface area contributed by atoms with Crippen LogP contribution in [-0.4, -0.2) is 25.7 Å². The van der Waals surface area contributed by atoms with Crippen LogP contribution >= 0.6 is 0 Å². The Hall–Kier alpha value is -0.770. The second kappa shape index (κ2) is 8.33. The van der Waals surface area contributed by atoms with Crippen LogP contribution in [0.15, 0.2) is 5.16 Å². The maximum Gasteiger partial charge on any atom is 0.222 e. The predicted octanol–water partition coefficient (Wildman–Crippen LogP) is 1.11. The fraction of sp³-hybridized carbons (Fsp3) is 0.875. The standard InChI is InChI=1S/C8H18N2O2/c1-3-11-8(2)10-12-7-5-4-6-9/h3-7,9H2,1-2H3. The summed E-state index contributed by atoms with van der Waals surface area (Å²) in [6, 6.07) is 0. The zero-order chi connectivity index (χ0) is 9.23. The molecule has 0 aliphatic heterocycles. The highest BCUT2D eigenvalue weighted by atomic mass is 16.6. The van der Waals surface area contributed by atoms with Crippen molar-refractivity contribution >= 4 is 5.90 Å². The Morgan fingerprint density at radius 1 is 1.42 bits per heavy atom. The van der Waals surface area contributed by atoms with E-state index in [1.807, 2.05) is 6.92 Å². The summed E-state index contributed by atoms with van der Waals surface area (Å²) in [5, 5.41) is 3.74. The van der Waals surface area contributed by atoms with Crippen LogP contribution < -0.4 is 5.73 Å². The van der Waals surface area contributed by atoms with E-state index in [1.165, 1.54) is 0 Å². The van der Waals surface area contributed by atoms with E-state index in [4.69, 9.17) is 15.3 Å². The molecule has 0 fully saturated rings. The molecular weight excluding hydrogens is 156 g/mol. The monoisotopic (exact) mass is 174 g/mol. The molecule has 0 aromatic carbocycles. The molecule has 0 amide bonds. The Balaban J connectivity index is 3.21. The zero-order valence-corrected chi connectivity index (χ0v) is 7.88. The van der Waals surface area contributed by atoms with Gasteiger partial charge in [0.05, 0.1) is 6.61 Å². The van der Waals surface area contributed by atoms with Gasteiger partial charge in [0.25, 0.3) is 0 Å². The minimum atomic E-state index is 0.574. The fourth-order valence-corrected chi connectivity index (χ4v) is 0.683. The topological polar surface area (TPSA) is 56.8 Å². The number of nitrogens with two attached hydrogens (primary N) is 1. The fourth-order valence-electron chi connectivity index (χ4n) is 0.683.